The molecule has 0 spiro atoms. The van der Waals surface area contributed by atoms with E-state index in [-0.39, 0.29) is 5.76 Å². The smallest absolute Gasteiger partial charge is 0.371 e. The average Bonchev–Trinajstić information content (AvgIpc) is 2.80. The number of carboxylic acids is 1. The van der Waals surface area contributed by atoms with Crippen LogP contribution in [0.15, 0.2) is 28.7 Å². The van der Waals surface area contributed by atoms with Crippen LogP contribution in [0.25, 0.3) is 0 Å². The van der Waals surface area contributed by atoms with E-state index in [9.17, 15) is 4.79 Å². The predicted molar refractivity (Wildman–Crippen MR) is 66.4 cm³/mol. The minimum atomic E-state index is -1.05. The van der Waals surface area contributed by atoms with E-state index >= 15 is 0 Å². The highest BCUT2D eigenvalue weighted by Crippen LogP contribution is 2.25. The van der Waals surface area contributed by atoms with Gasteiger partial charge in [0.15, 0.2) is 0 Å². The minimum absolute atomic E-state index is 0.0393. The Balaban J connectivity index is 1.77. The summed E-state index contributed by atoms with van der Waals surface area (Å²) in [4.78, 5) is 10.6. The summed E-state index contributed by atoms with van der Waals surface area (Å²) in [5.74, 6) is 0.659. The molecule has 0 saturated carbocycles. The third-order valence-corrected chi connectivity index (χ3v) is 3.37. The van der Waals surface area contributed by atoms with Crippen molar-refractivity contribution in [1.82, 2.24) is 0 Å². The number of rotatable bonds is 5. The highest BCUT2D eigenvalue weighted by molar-refractivity contribution is 5.84. The minimum Gasteiger partial charge on any atom is -0.475 e. The first kappa shape index (κ1) is 12.9. The molecule has 1 aliphatic rings. The molecule has 18 heavy (non-hydrogen) atoms. The Morgan fingerprint density at radius 2 is 2.22 bits per heavy atom. The molecule has 0 aromatic carbocycles. The van der Waals surface area contributed by atoms with Crippen molar-refractivity contribution in [2.75, 3.05) is 6.61 Å². The Kier molecular flexibility index (Phi) is 4.20. The third-order valence-electron chi connectivity index (χ3n) is 3.37. The molecule has 0 amide bonds. The molecule has 0 saturated heterocycles. The molecule has 4 nitrogen and oxygen atoms in total. The summed E-state index contributed by atoms with van der Waals surface area (Å²) >= 11 is 0. The summed E-state index contributed by atoms with van der Waals surface area (Å²) in [6.07, 6.45) is 6.58. The van der Waals surface area contributed by atoms with Crippen LogP contribution in [0.5, 0.6) is 0 Å². The van der Waals surface area contributed by atoms with Crippen LogP contribution in [-0.2, 0) is 11.3 Å². The Morgan fingerprint density at radius 1 is 1.44 bits per heavy atom. The van der Waals surface area contributed by atoms with E-state index in [0.29, 0.717) is 30.8 Å². The van der Waals surface area contributed by atoms with Crippen molar-refractivity contribution in [3.05, 3.63) is 35.8 Å². The van der Waals surface area contributed by atoms with E-state index in [2.05, 4.69) is 19.1 Å². The Morgan fingerprint density at radius 3 is 2.89 bits per heavy atom. The first-order valence-corrected chi connectivity index (χ1v) is 6.21. The molecule has 1 aliphatic carbocycles. The third kappa shape index (κ3) is 3.23. The first-order valence-electron chi connectivity index (χ1n) is 6.21. The lowest BCUT2D eigenvalue weighted by Gasteiger charge is -2.24. The first-order chi connectivity index (χ1) is 8.66. The van der Waals surface area contributed by atoms with E-state index in [1.807, 2.05) is 0 Å². The number of aromatic carboxylic acids is 1. The van der Waals surface area contributed by atoms with E-state index in [1.54, 1.807) is 6.07 Å². The molecule has 98 valence electrons. The quantitative estimate of drug-likeness (QED) is 0.816. The molecule has 4 heteroatoms. The van der Waals surface area contributed by atoms with Gasteiger partial charge in [-0.25, -0.2) is 4.79 Å². The van der Waals surface area contributed by atoms with E-state index in [1.165, 1.54) is 6.07 Å². The van der Waals surface area contributed by atoms with Crippen LogP contribution in [0.1, 0.15) is 36.1 Å². The average molecular weight is 250 g/mol. The zero-order valence-electron chi connectivity index (χ0n) is 10.5. The summed E-state index contributed by atoms with van der Waals surface area (Å²) < 4.78 is 10.7. The fourth-order valence-corrected chi connectivity index (χ4v) is 2.12. The molecule has 1 N–H and O–H groups in total. The van der Waals surface area contributed by atoms with E-state index in [0.717, 1.165) is 12.8 Å². The van der Waals surface area contributed by atoms with Crippen LogP contribution in [0.3, 0.4) is 0 Å². The summed E-state index contributed by atoms with van der Waals surface area (Å²) in [6.45, 7) is 3.25. The molecule has 0 bridgehead atoms. The molecule has 0 aliphatic heterocycles. The molecular weight excluding hydrogens is 232 g/mol. The standard InChI is InChI=1S/C14H18O4/c1-10-4-2-3-5-11(10)8-17-9-12-6-7-13(18-12)14(15)16/h2-3,6-7,10-11H,4-5,8-9H2,1H3,(H,15,16). The highest BCUT2D eigenvalue weighted by Gasteiger charge is 2.18. The zero-order valence-corrected chi connectivity index (χ0v) is 10.5. The van der Waals surface area contributed by atoms with Crippen molar-refractivity contribution in [3.63, 3.8) is 0 Å². The van der Waals surface area contributed by atoms with Crippen molar-refractivity contribution < 1.29 is 19.1 Å². The topological polar surface area (TPSA) is 59.7 Å². The number of ether oxygens (including phenoxy) is 1. The number of allylic oxidation sites excluding steroid dienone is 2. The molecule has 0 fully saturated rings. The van der Waals surface area contributed by atoms with Crippen molar-refractivity contribution in [2.45, 2.75) is 26.4 Å². The van der Waals surface area contributed by atoms with Gasteiger partial charge in [-0.2, -0.15) is 0 Å². The Hall–Kier alpha value is -1.55. The SMILES string of the molecule is CC1CC=CCC1COCc1ccc(C(=O)O)o1. The van der Waals surface area contributed by atoms with Crippen molar-refractivity contribution >= 4 is 5.97 Å². The number of carboxylic acid groups (broad SMARTS) is 1. The highest BCUT2D eigenvalue weighted by atomic mass is 16.5. The van der Waals surface area contributed by atoms with Gasteiger partial charge in [-0.3, -0.25) is 0 Å². The van der Waals surface area contributed by atoms with E-state index < -0.39 is 5.97 Å². The molecule has 2 rings (SSSR count). The van der Waals surface area contributed by atoms with Gasteiger partial charge in [-0.15, -0.1) is 0 Å². The number of hydrogen-bond donors (Lipinski definition) is 1. The zero-order chi connectivity index (χ0) is 13.0. The fourth-order valence-electron chi connectivity index (χ4n) is 2.12. The van der Waals surface area contributed by atoms with Crippen LogP contribution in [0.2, 0.25) is 0 Å². The van der Waals surface area contributed by atoms with Gasteiger partial charge >= 0.3 is 5.97 Å². The number of hydrogen-bond acceptors (Lipinski definition) is 3. The molecule has 2 atom stereocenters. The second-order valence-electron chi connectivity index (χ2n) is 4.77. The second-order valence-corrected chi connectivity index (χ2v) is 4.77. The van der Waals surface area contributed by atoms with Crippen LogP contribution in [0.4, 0.5) is 0 Å². The summed E-state index contributed by atoms with van der Waals surface area (Å²) in [5, 5.41) is 8.72. The van der Waals surface area contributed by atoms with Crippen molar-refractivity contribution in [1.29, 1.82) is 0 Å². The second kappa shape index (κ2) is 5.87. The molecule has 0 radical (unpaired) electrons. The molecule has 1 heterocycles. The van der Waals surface area contributed by atoms with E-state index in [4.69, 9.17) is 14.3 Å². The van der Waals surface area contributed by atoms with Crippen LogP contribution >= 0.6 is 0 Å². The van der Waals surface area contributed by atoms with Gasteiger partial charge in [0.1, 0.15) is 12.4 Å². The van der Waals surface area contributed by atoms with Gasteiger partial charge in [0, 0.05) is 0 Å². The lowest BCUT2D eigenvalue weighted by molar-refractivity contribution is 0.0545. The largest absolute Gasteiger partial charge is 0.475 e. The van der Waals surface area contributed by atoms with Gasteiger partial charge in [-0.05, 0) is 36.8 Å². The monoisotopic (exact) mass is 250 g/mol. The summed E-state index contributed by atoms with van der Waals surface area (Å²) in [7, 11) is 0. The van der Waals surface area contributed by atoms with Gasteiger partial charge in [-0.1, -0.05) is 19.1 Å². The maximum Gasteiger partial charge on any atom is 0.371 e. The predicted octanol–water partition coefficient (Wildman–Crippen LogP) is 3.10. The number of carbonyl (C=O) groups is 1. The lowest BCUT2D eigenvalue weighted by atomic mass is 9.85. The van der Waals surface area contributed by atoms with Gasteiger partial charge in [0.25, 0.3) is 0 Å². The number of furan rings is 1. The Bertz CT molecular complexity index is 433. The lowest BCUT2D eigenvalue weighted by Crippen LogP contribution is -2.19. The van der Waals surface area contributed by atoms with Crippen LogP contribution in [-0.4, -0.2) is 17.7 Å². The van der Waals surface area contributed by atoms with Crippen molar-refractivity contribution in [3.8, 4) is 0 Å². The van der Waals surface area contributed by atoms with Crippen LogP contribution < -0.4 is 0 Å². The summed E-state index contributed by atoms with van der Waals surface area (Å²) in [5.41, 5.74) is 0. The summed E-state index contributed by atoms with van der Waals surface area (Å²) in [6, 6.07) is 3.10. The maximum atomic E-state index is 10.6. The Labute approximate surface area is 106 Å². The van der Waals surface area contributed by atoms with Crippen molar-refractivity contribution in [2.24, 2.45) is 11.8 Å². The fraction of sp³-hybridized carbons (Fsp3) is 0.500. The van der Waals surface area contributed by atoms with Gasteiger partial charge in [0.05, 0.1) is 6.61 Å². The molecule has 2 unspecified atom stereocenters. The normalized spacial score (nSPS) is 23.2. The molecular formula is C14H18O4. The maximum absolute atomic E-state index is 10.6. The van der Waals surface area contributed by atoms with Gasteiger partial charge < -0.3 is 14.3 Å². The molecule has 1 aromatic heterocycles. The molecule has 1 aromatic rings. The van der Waals surface area contributed by atoms with Crippen LogP contribution in [0, 0.1) is 11.8 Å². The van der Waals surface area contributed by atoms with Gasteiger partial charge in [0.2, 0.25) is 5.76 Å².